The Morgan fingerprint density at radius 3 is 2.19 bits per heavy atom. The predicted molar refractivity (Wildman–Crippen MR) is 88.4 cm³/mol. The smallest absolute Gasteiger partial charge is 0.255 e. The molecule has 0 aromatic heterocycles. The zero-order chi connectivity index (χ0) is 14.8. The molecule has 1 amide bonds. The van der Waals surface area contributed by atoms with Crippen molar-refractivity contribution in [2.24, 2.45) is 0 Å². The second kappa shape index (κ2) is 5.76. The predicted octanol–water partition coefficient (Wildman–Crippen LogP) is 5.40. The lowest BCUT2D eigenvalue weighted by Crippen LogP contribution is -2.12. The normalized spacial score (nSPS) is 10.6. The van der Waals surface area contributed by atoms with Crippen LogP contribution in [-0.4, -0.2) is 5.91 Å². The average Bonchev–Trinajstić information content (AvgIpc) is 2.50. The van der Waals surface area contributed by atoms with Gasteiger partial charge in [-0.3, -0.25) is 4.79 Å². The van der Waals surface area contributed by atoms with Crippen molar-refractivity contribution in [3.63, 3.8) is 0 Å². The molecule has 0 heterocycles. The van der Waals surface area contributed by atoms with Gasteiger partial charge < -0.3 is 5.32 Å². The van der Waals surface area contributed by atoms with Gasteiger partial charge in [-0.15, -0.1) is 0 Å². The Kier molecular flexibility index (Phi) is 3.82. The molecule has 0 unspecified atom stereocenters. The molecule has 3 aromatic rings. The third-order valence-electron chi connectivity index (χ3n) is 3.21. The van der Waals surface area contributed by atoms with Gasteiger partial charge in [0.15, 0.2) is 0 Å². The Morgan fingerprint density at radius 1 is 0.810 bits per heavy atom. The number of carbonyl (C=O) groups excluding carboxylic acids is 1. The van der Waals surface area contributed by atoms with Crippen molar-refractivity contribution < 1.29 is 4.79 Å². The Labute approximate surface area is 132 Å². The van der Waals surface area contributed by atoms with Crippen LogP contribution in [0.1, 0.15) is 10.4 Å². The van der Waals surface area contributed by atoms with Crippen LogP contribution in [0.4, 0.5) is 5.69 Å². The van der Waals surface area contributed by atoms with Crippen molar-refractivity contribution in [1.29, 1.82) is 0 Å². The molecule has 4 heteroatoms. The van der Waals surface area contributed by atoms with E-state index in [4.69, 9.17) is 23.2 Å². The van der Waals surface area contributed by atoms with Crippen LogP contribution in [0.5, 0.6) is 0 Å². The molecule has 0 saturated carbocycles. The number of halogens is 2. The molecule has 0 bridgehead atoms. The fourth-order valence-electron chi connectivity index (χ4n) is 2.13. The fraction of sp³-hybridized carbons (Fsp3) is 0. The van der Waals surface area contributed by atoms with Crippen LogP contribution in [-0.2, 0) is 0 Å². The third kappa shape index (κ3) is 2.87. The molecule has 0 atom stereocenters. The van der Waals surface area contributed by atoms with Crippen LogP contribution < -0.4 is 5.32 Å². The molecular weight excluding hydrogens is 305 g/mol. The van der Waals surface area contributed by atoms with E-state index in [9.17, 15) is 4.79 Å². The number of anilines is 1. The molecule has 3 aromatic carbocycles. The second-order valence-electron chi connectivity index (χ2n) is 4.61. The summed E-state index contributed by atoms with van der Waals surface area (Å²) in [5.41, 5.74) is 0.990. The molecule has 0 saturated heterocycles. The summed E-state index contributed by atoms with van der Waals surface area (Å²) >= 11 is 12.1. The van der Waals surface area contributed by atoms with Gasteiger partial charge in [-0.05, 0) is 35.0 Å². The van der Waals surface area contributed by atoms with Gasteiger partial charge in [-0.1, -0.05) is 59.6 Å². The molecule has 0 radical (unpaired) electrons. The summed E-state index contributed by atoms with van der Waals surface area (Å²) in [6.07, 6.45) is 0. The van der Waals surface area contributed by atoms with Crippen molar-refractivity contribution >= 4 is 45.6 Å². The van der Waals surface area contributed by atoms with E-state index < -0.39 is 0 Å². The van der Waals surface area contributed by atoms with Crippen LogP contribution >= 0.6 is 23.2 Å². The quantitative estimate of drug-likeness (QED) is 0.674. The van der Waals surface area contributed by atoms with Crippen LogP contribution in [0.15, 0.2) is 60.7 Å². The monoisotopic (exact) mass is 315 g/mol. The molecule has 104 valence electrons. The maximum absolute atomic E-state index is 12.3. The number of hydrogen-bond acceptors (Lipinski definition) is 1. The van der Waals surface area contributed by atoms with Gasteiger partial charge in [-0.2, -0.15) is 0 Å². The molecule has 3 rings (SSSR count). The average molecular weight is 316 g/mol. The first-order valence-electron chi connectivity index (χ1n) is 6.39. The molecule has 0 aliphatic carbocycles. The molecule has 0 spiro atoms. The van der Waals surface area contributed by atoms with Crippen LogP contribution in [0.25, 0.3) is 10.8 Å². The van der Waals surface area contributed by atoms with Crippen molar-refractivity contribution in [2.45, 2.75) is 0 Å². The van der Waals surface area contributed by atoms with Crippen molar-refractivity contribution in [2.75, 3.05) is 5.32 Å². The number of benzene rings is 3. The van der Waals surface area contributed by atoms with Gasteiger partial charge in [0, 0.05) is 5.56 Å². The van der Waals surface area contributed by atoms with Crippen LogP contribution in [0.2, 0.25) is 10.0 Å². The molecule has 0 fully saturated rings. The largest absolute Gasteiger partial charge is 0.319 e. The van der Waals surface area contributed by atoms with E-state index >= 15 is 0 Å². The number of amides is 1. The summed E-state index contributed by atoms with van der Waals surface area (Å²) < 4.78 is 0. The van der Waals surface area contributed by atoms with E-state index in [1.165, 1.54) is 0 Å². The highest BCUT2D eigenvalue weighted by Crippen LogP contribution is 2.30. The fourth-order valence-corrected chi connectivity index (χ4v) is 2.63. The van der Waals surface area contributed by atoms with Gasteiger partial charge in [-0.25, -0.2) is 0 Å². The lowest BCUT2D eigenvalue weighted by molar-refractivity contribution is 0.102. The van der Waals surface area contributed by atoms with E-state index in [-0.39, 0.29) is 5.91 Å². The minimum atomic E-state index is -0.240. The summed E-state index contributed by atoms with van der Waals surface area (Å²) in [4.78, 5) is 12.3. The first-order chi connectivity index (χ1) is 10.1. The first kappa shape index (κ1) is 13.9. The van der Waals surface area contributed by atoms with E-state index in [0.29, 0.717) is 21.3 Å². The zero-order valence-electron chi connectivity index (χ0n) is 10.9. The van der Waals surface area contributed by atoms with Gasteiger partial charge in [0.25, 0.3) is 5.91 Å². The minimum Gasteiger partial charge on any atom is -0.319 e. The van der Waals surface area contributed by atoms with E-state index in [1.807, 2.05) is 36.4 Å². The zero-order valence-corrected chi connectivity index (χ0v) is 12.4. The number of fused-ring (bicyclic) bond motifs is 1. The maximum Gasteiger partial charge on any atom is 0.255 e. The van der Waals surface area contributed by atoms with Gasteiger partial charge in [0.05, 0.1) is 15.7 Å². The summed E-state index contributed by atoms with van der Waals surface area (Å²) in [5.74, 6) is -0.240. The molecule has 21 heavy (non-hydrogen) atoms. The molecular formula is C17H11Cl2NO. The Morgan fingerprint density at radius 2 is 1.48 bits per heavy atom. The Balaban J connectivity index is 1.94. The molecule has 0 aliphatic rings. The SMILES string of the molecule is O=C(Nc1c(Cl)cccc1Cl)c1ccc2ccccc2c1. The lowest BCUT2D eigenvalue weighted by atomic mass is 10.1. The highest BCUT2D eigenvalue weighted by Gasteiger charge is 2.11. The van der Waals surface area contributed by atoms with Gasteiger partial charge >= 0.3 is 0 Å². The van der Waals surface area contributed by atoms with E-state index in [0.717, 1.165) is 10.8 Å². The summed E-state index contributed by atoms with van der Waals surface area (Å²) in [6.45, 7) is 0. The number of para-hydroxylation sites is 1. The van der Waals surface area contributed by atoms with Crippen molar-refractivity contribution in [3.05, 3.63) is 76.3 Å². The van der Waals surface area contributed by atoms with Crippen molar-refractivity contribution in [1.82, 2.24) is 0 Å². The number of nitrogens with one attached hydrogen (secondary N) is 1. The molecule has 1 N–H and O–H groups in total. The number of carbonyl (C=O) groups is 1. The second-order valence-corrected chi connectivity index (χ2v) is 5.43. The van der Waals surface area contributed by atoms with Gasteiger partial charge in [0.2, 0.25) is 0 Å². The summed E-state index contributed by atoms with van der Waals surface area (Å²) in [6, 6.07) is 18.5. The first-order valence-corrected chi connectivity index (χ1v) is 7.15. The van der Waals surface area contributed by atoms with Crippen LogP contribution in [0, 0.1) is 0 Å². The Bertz CT molecular complexity index is 810. The number of hydrogen-bond donors (Lipinski definition) is 1. The van der Waals surface area contributed by atoms with E-state index in [1.54, 1.807) is 24.3 Å². The minimum absolute atomic E-state index is 0.240. The van der Waals surface area contributed by atoms with Crippen molar-refractivity contribution in [3.8, 4) is 0 Å². The van der Waals surface area contributed by atoms with E-state index in [2.05, 4.69) is 5.32 Å². The summed E-state index contributed by atoms with van der Waals surface area (Å²) in [5, 5.41) is 5.68. The highest BCUT2D eigenvalue weighted by molar-refractivity contribution is 6.40. The molecule has 0 aliphatic heterocycles. The molecule has 2 nitrogen and oxygen atoms in total. The summed E-state index contributed by atoms with van der Waals surface area (Å²) in [7, 11) is 0. The maximum atomic E-state index is 12.3. The Hall–Kier alpha value is -2.03. The highest BCUT2D eigenvalue weighted by atomic mass is 35.5. The topological polar surface area (TPSA) is 29.1 Å². The van der Waals surface area contributed by atoms with Gasteiger partial charge in [0.1, 0.15) is 0 Å². The number of rotatable bonds is 2. The van der Waals surface area contributed by atoms with Crippen LogP contribution in [0.3, 0.4) is 0 Å². The third-order valence-corrected chi connectivity index (χ3v) is 3.84. The lowest BCUT2D eigenvalue weighted by Gasteiger charge is -2.09. The standard InChI is InChI=1S/C17H11Cl2NO/c18-14-6-3-7-15(19)16(14)20-17(21)13-9-8-11-4-1-2-5-12(11)10-13/h1-10H,(H,20,21).